The van der Waals surface area contributed by atoms with Crippen molar-refractivity contribution in [2.24, 2.45) is 0 Å². The number of rotatable bonds is 1. The Morgan fingerprint density at radius 2 is 2.08 bits per heavy atom. The summed E-state index contributed by atoms with van der Waals surface area (Å²) in [5.41, 5.74) is 1.04. The maximum Gasteiger partial charge on any atom is 0.0606 e. The molecule has 0 aromatic heterocycles. The highest BCUT2D eigenvalue weighted by Crippen LogP contribution is 2.35. The second kappa shape index (κ2) is 3.60. The molecule has 4 heteroatoms. The summed E-state index contributed by atoms with van der Waals surface area (Å²) in [5.74, 6) is 0.810. The molecular formula is C9H8Cl2OS. The van der Waals surface area contributed by atoms with Crippen LogP contribution in [-0.4, -0.2) is 9.96 Å². The van der Waals surface area contributed by atoms with Crippen LogP contribution in [0.15, 0.2) is 18.2 Å². The van der Waals surface area contributed by atoms with Crippen LogP contribution < -0.4 is 0 Å². The van der Waals surface area contributed by atoms with Gasteiger partial charge in [-0.3, -0.25) is 4.21 Å². The molecule has 2 unspecified atom stereocenters. The highest BCUT2D eigenvalue weighted by Gasteiger charge is 2.28. The van der Waals surface area contributed by atoms with Gasteiger partial charge in [0.2, 0.25) is 0 Å². The van der Waals surface area contributed by atoms with Gasteiger partial charge in [0, 0.05) is 16.6 Å². The van der Waals surface area contributed by atoms with Crippen LogP contribution >= 0.6 is 23.2 Å². The maximum atomic E-state index is 11.3. The van der Waals surface area contributed by atoms with Gasteiger partial charge in [0.1, 0.15) is 0 Å². The molecule has 0 bridgehead atoms. The first kappa shape index (κ1) is 9.50. The molecule has 1 fully saturated rings. The monoisotopic (exact) mass is 234 g/mol. The fourth-order valence-corrected chi connectivity index (χ4v) is 2.78. The second-order valence-electron chi connectivity index (χ2n) is 3.04. The zero-order chi connectivity index (χ0) is 9.42. The number of benzene rings is 1. The standard InChI is InChI=1S/C9H8Cl2OS/c10-7-2-1-6(5-8(7)11)9-3-4-13(9)12/h1-2,5,9H,3-4H2. The van der Waals surface area contributed by atoms with Crippen LogP contribution in [0.25, 0.3) is 0 Å². The van der Waals surface area contributed by atoms with E-state index in [1.165, 1.54) is 0 Å². The summed E-state index contributed by atoms with van der Waals surface area (Å²) in [6.45, 7) is 0. The van der Waals surface area contributed by atoms with Crippen molar-refractivity contribution < 1.29 is 4.21 Å². The predicted octanol–water partition coefficient (Wildman–Crippen LogP) is 3.19. The quantitative estimate of drug-likeness (QED) is 0.730. The molecule has 0 saturated carbocycles. The zero-order valence-electron chi connectivity index (χ0n) is 6.80. The van der Waals surface area contributed by atoms with Crippen LogP contribution in [0.1, 0.15) is 17.2 Å². The maximum absolute atomic E-state index is 11.3. The Morgan fingerprint density at radius 1 is 1.31 bits per heavy atom. The number of hydrogen-bond donors (Lipinski definition) is 0. The van der Waals surface area contributed by atoms with E-state index in [0.717, 1.165) is 17.7 Å². The van der Waals surface area contributed by atoms with Crippen molar-refractivity contribution in [2.45, 2.75) is 11.7 Å². The molecular weight excluding hydrogens is 227 g/mol. The van der Waals surface area contributed by atoms with E-state index in [1.807, 2.05) is 12.1 Å². The van der Waals surface area contributed by atoms with Gasteiger partial charge in [-0.2, -0.15) is 0 Å². The molecule has 0 aliphatic carbocycles. The highest BCUT2D eigenvalue weighted by molar-refractivity contribution is 7.86. The van der Waals surface area contributed by atoms with Gasteiger partial charge in [-0.1, -0.05) is 29.3 Å². The number of halogens is 2. The van der Waals surface area contributed by atoms with E-state index in [0.29, 0.717) is 10.0 Å². The third-order valence-corrected chi connectivity index (χ3v) is 4.73. The van der Waals surface area contributed by atoms with E-state index in [4.69, 9.17) is 23.2 Å². The summed E-state index contributed by atoms with van der Waals surface area (Å²) in [6.07, 6.45) is 0.991. The molecule has 2 rings (SSSR count). The average Bonchev–Trinajstić information content (AvgIpc) is 2.09. The van der Waals surface area contributed by atoms with E-state index in [2.05, 4.69) is 0 Å². The molecule has 1 aliphatic rings. The molecule has 1 heterocycles. The Hall–Kier alpha value is -0.0500. The topological polar surface area (TPSA) is 17.1 Å². The molecule has 1 aliphatic heterocycles. The summed E-state index contributed by atoms with van der Waals surface area (Å²) in [7, 11) is -0.697. The minimum atomic E-state index is -0.697. The molecule has 0 spiro atoms. The fourth-order valence-electron chi connectivity index (χ4n) is 1.36. The molecule has 70 valence electrons. The van der Waals surface area contributed by atoms with Crippen molar-refractivity contribution in [2.75, 3.05) is 5.75 Å². The largest absolute Gasteiger partial charge is 0.259 e. The SMILES string of the molecule is O=S1CCC1c1ccc(Cl)c(Cl)c1. The fraction of sp³-hybridized carbons (Fsp3) is 0.333. The Labute approximate surface area is 89.5 Å². The van der Waals surface area contributed by atoms with Gasteiger partial charge in [-0.25, -0.2) is 0 Å². The van der Waals surface area contributed by atoms with Crippen LogP contribution in [0.3, 0.4) is 0 Å². The van der Waals surface area contributed by atoms with Crippen molar-refractivity contribution in [1.29, 1.82) is 0 Å². The van der Waals surface area contributed by atoms with E-state index < -0.39 is 10.8 Å². The van der Waals surface area contributed by atoms with Crippen LogP contribution in [0.5, 0.6) is 0 Å². The van der Waals surface area contributed by atoms with Crippen molar-refractivity contribution in [1.82, 2.24) is 0 Å². The van der Waals surface area contributed by atoms with Gasteiger partial charge in [-0.05, 0) is 24.1 Å². The van der Waals surface area contributed by atoms with Crippen LogP contribution in [-0.2, 0) is 10.8 Å². The molecule has 0 radical (unpaired) electrons. The summed E-state index contributed by atoms with van der Waals surface area (Å²) < 4.78 is 11.3. The normalized spacial score (nSPS) is 26.9. The molecule has 2 atom stereocenters. The lowest BCUT2D eigenvalue weighted by atomic mass is 10.1. The van der Waals surface area contributed by atoms with Crippen LogP contribution in [0.4, 0.5) is 0 Å². The number of hydrogen-bond acceptors (Lipinski definition) is 1. The van der Waals surface area contributed by atoms with Gasteiger partial charge in [0.05, 0.1) is 15.3 Å². The van der Waals surface area contributed by atoms with E-state index in [-0.39, 0.29) is 5.25 Å². The van der Waals surface area contributed by atoms with E-state index in [1.54, 1.807) is 6.07 Å². The molecule has 0 N–H and O–H groups in total. The van der Waals surface area contributed by atoms with Crippen LogP contribution in [0.2, 0.25) is 10.0 Å². The second-order valence-corrected chi connectivity index (χ2v) is 5.59. The zero-order valence-corrected chi connectivity index (χ0v) is 9.12. The summed E-state index contributed by atoms with van der Waals surface area (Å²) in [6, 6.07) is 5.47. The third kappa shape index (κ3) is 1.76. The molecule has 13 heavy (non-hydrogen) atoms. The minimum Gasteiger partial charge on any atom is -0.259 e. The first-order valence-corrected chi connectivity index (χ1v) is 6.14. The lowest BCUT2D eigenvalue weighted by molar-refractivity contribution is 0.646. The van der Waals surface area contributed by atoms with Gasteiger partial charge in [0.25, 0.3) is 0 Å². The highest BCUT2D eigenvalue weighted by atomic mass is 35.5. The van der Waals surface area contributed by atoms with E-state index >= 15 is 0 Å². The molecule has 0 amide bonds. The molecule has 1 nitrogen and oxygen atoms in total. The van der Waals surface area contributed by atoms with Crippen molar-refractivity contribution >= 4 is 34.0 Å². The Kier molecular flexibility index (Phi) is 2.63. The third-order valence-electron chi connectivity index (χ3n) is 2.21. The van der Waals surface area contributed by atoms with E-state index in [9.17, 15) is 4.21 Å². The van der Waals surface area contributed by atoms with Gasteiger partial charge >= 0.3 is 0 Å². The van der Waals surface area contributed by atoms with Crippen molar-refractivity contribution in [3.8, 4) is 0 Å². The lowest BCUT2D eigenvalue weighted by Gasteiger charge is -2.25. The molecule has 1 aromatic rings. The lowest BCUT2D eigenvalue weighted by Crippen LogP contribution is -2.22. The van der Waals surface area contributed by atoms with Crippen molar-refractivity contribution in [3.05, 3.63) is 33.8 Å². The van der Waals surface area contributed by atoms with Crippen molar-refractivity contribution in [3.63, 3.8) is 0 Å². The van der Waals surface area contributed by atoms with Crippen LogP contribution in [0, 0.1) is 0 Å². The Balaban J connectivity index is 2.31. The van der Waals surface area contributed by atoms with Gasteiger partial charge < -0.3 is 0 Å². The first-order chi connectivity index (χ1) is 6.18. The Bertz CT molecular complexity index is 365. The summed E-state index contributed by atoms with van der Waals surface area (Å²) in [5, 5.41) is 1.27. The molecule has 1 aromatic carbocycles. The Morgan fingerprint density at radius 3 is 2.54 bits per heavy atom. The first-order valence-electron chi connectivity index (χ1n) is 4.00. The minimum absolute atomic E-state index is 0.176. The predicted molar refractivity (Wildman–Crippen MR) is 56.8 cm³/mol. The molecule has 1 saturated heterocycles. The van der Waals surface area contributed by atoms with Gasteiger partial charge in [0.15, 0.2) is 0 Å². The van der Waals surface area contributed by atoms with Gasteiger partial charge in [-0.15, -0.1) is 0 Å². The smallest absolute Gasteiger partial charge is 0.0606 e. The summed E-state index contributed by atoms with van der Waals surface area (Å²) >= 11 is 11.6. The summed E-state index contributed by atoms with van der Waals surface area (Å²) in [4.78, 5) is 0. The average molecular weight is 235 g/mol.